The van der Waals surface area contributed by atoms with Gasteiger partial charge in [-0.05, 0) is 48.2 Å². The lowest BCUT2D eigenvalue weighted by molar-refractivity contribution is 0.648. The normalized spacial score (nSPS) is 12.7. The molecule has 1 unspecified atom stereocenters. The molecular formula is C11H13IN4. The van der Waals surface area contributed by atoms with Crippen LogP contribution in [0.25, 0.3) is 5.82 Å². The lowest BCUT2D eigenvalue weighted by atomic mass is 10.1. The fourth-order valence-electron chi connectivity index (χ4n) is 1.38. The highest BCUT2D eigenvalue weighted by atomic mass is 127. The van der Waals surface area contributed by atoms with Crippen LogP contribution in [0.1, 0.15) is 18.5 Å². The zero-order chi connectivity index (χ0) is 11.5. The summed E-state index contributed by atoms with van der Waals surface area (Å²) in [5.41, 5.74) is 1.17. The predicted molar refractivity (Wildman–Crippen MR) is 71.6 cm³/mol. The van der Waals surface area contributed by atoms with Gasteiger partial charge in [0.1, 0.15) is 0 Å². The van der Waals surface area contributed by atoms with Crippen molar-refractivity contribution < 1.29 is 0 Å². The number of hydrogen-bond donors (Lipinski definition) is 1. The van der Waals surface area contributed by atoms with E-state index in [1.165, 1.54) is 5.56 Å². The van der Waals surface area contributed by atoms with Crippen LogP contribution in [0.2, 0.25) is 0 Å². The van der Waals surface area contributed by atoms with Crippen LogP contribution in [-0.4, -0.2) is 21.8 Å². The maximum Gasteiger partial charge on any atom is 0.153 e. The molecule has 2 heterocycles. The van der Waals surface area contributed by atoms with Gasteiger partial charge in [0, 0.05) is 18.4 Å². The molecule has 2 aromatic rings. The minimum absolute atomic E-state index is 0.319. The molecule has 0 saturated carbocycles. The fraction of sp³-hybridized carbons (Fsp3) is 0.273. The van der Waals surface area contributed by atoms with E-state index in [9.17, 15) is 0 Å². The molecule has 0 amide bonds. The lowest BCUT2D eigenvalue weighted by Gasteiger charge is -2.10. The average molecular weight is 328 g/mol. The summed E-state index contributed by atoms with van der Waals surface area (Å²) in [6.45, 7) is 2.10. The van der Waals surface area contributed by atoms with Gasteiger partial charge in [0.2, 0.25) is 0 Å². The third kappa shape index (κ3) is 2.41. The van der Waals surface area contributed by atoms with Gasteiger partial charge in [-0.3, -0.25) is 0 Å². The molecule has 0 bridgehead atoms. The Labute approximate surface area is 108 Å². The standard InChI is InChI=1S/C11H13IN4/c1-8(13-2)9-3-4-11(14-5-9)16-7-10(12)6-15-16/h3-8,13H,1-2H3. The van der Waals surface area contributed by atoms with Crippen molar-refractivity contribution in [3.05, 3.63) is 39.9 Å². The van der Waals surface area contributed by atoms with Crippen molar-refractivity contribution in [3.63, 3.8) is 0 Å². The van der Waals surface area contributed by atoms with Gasteiger partial charge in [0.25, 0.3) is 0 Å². The largest absolute Gasteiger partial charge is 0.313 e. The van der Waals surface area contributed by atoms with Crippen molar-refractivity contribution in [2.45, 2.75) is 13.0 Å². The summed E-state index contributed by atoms with van der Waals surface area (Å²) in [5.74, 6) is 0.843. The summed E-state index contributed by atoms with van der Waals surface area (Å²) in [5, 5.41) is 7.39. The highest BCUT2D eigenvalue weighted by molar-refractivity contribution is 14.1. The molecule has 5 heteroatoms. The van der Waals surface area contributed by atoms with Crippen molar-refractivity contribution in [1.82, 2.24) is 20.1 Å². The molecule has 2 aromatic heterocycles. The molecule has 4 nitrogen and oxygen atoms in total. The summed E-state index contributed by atoms with van der Waals surface area (Å²) in [7, 11) is 1.94. The van der Waals surface area contributed by atoms with Gasteiger partial charge in [-0.25, -0.2) is 9.67 Å². The molecule has 0 spiro atoms. The molecule has 0 aromatic carbocycles. The maximum atomic E-state index is 4.39. The van der Waals surface area contributed by atoms with E-state index >= 15 is 0 Å². The van der Waals surface area contributed by atoms with Crippen molar-refractivity contribution in [1.29, 1.82) is 0 Å². The summed E-state index contributed by atoms with van der Waals surface area (Å²) in [6.07, 6.45) is 5.64. The molecule has 0 aliphatic heterocycles. The average Bonchev–Trinajstić information content (AvgIpc) is 2.75. The van der Waals surface area contributed by atoms with Gasteiger partial charge in [-0.1, -0.05) is 6.07 Å². The van der Waals surface area contributed by atoms with Crippen LogP contribution in [0.15, 0.2) is 30.7 Å². The first-order chi connectivity index (χ1) is 7.70. The minimum atomic E-state index is 0.319. The van der Waals surface area contributed by atoms with E-state index in [1.807, 2.05) is 31.7 Å². The minimum Gasteiger partial charge on any atom is -0.313 e. The first kappa shape index (κ1) is 11.5. The molecule has 0 saturated heterocycles. The number of pyridine rings is 1. The molecule has 0 aliphatic rings. The van der Waals surface area contributed by atoms with Crippen LogP contribution in [0.4, 0.5) is 0 Å². The van der Waals surface area contributed by atoms with Crippen LogP contribution < -0.4 is 5.32 Å². The van der Waals surface area contributed by atoms with Gasteiger partial charge in [0.15, 0.2) is 5.82 Å². The van der Waals surface area contributed by atoms with E-state index in [0.717, 1.165) is 9.39 Å². The number of halogens is 1. The van der Waals surface area contributed by atoms with Gasteiger partial charge < -0.3 is 5.32 Å². The molecule has 2 rings (SSSR count). The lowest BCUT2D eigenvalue weighted by Crippen LogP contribution is -2.12. The van der Waals surface area contributed by atoms with E-state index in [-0.39, 0.29) is 0 Å². The molecular weight excluding hydrogens is 315 g/mol. The second kappa shape index (κ2) is 4.92. The van der Waals surface area contributed by atoms with Gasteiger partial charge in [0.05, 0.1) is 9.77 Å². The summed E-state index contributed by atoms with van der Waals surface area (Å²) < 4.78 is 2.88. The molecule has 0 radical (unpaired) electrons. The van der Waals surface area contributed by atoms with Gasteiger partial charge in [-0.2, -0.15) is 5.10 Å². The highest BCUT2D eigenvalue weighted by Crippen LogP contribution is 2.13. The molecule has 1 atom stereocenters. The predicted octanol–water partition coefficient (Wildman–Crippen LogP) is 2.15. The van der Waals surface area contributed by atoms with Crippen molar-refractivity contribution in [2.24, 2.45) is 0 Å². The second-order valence-corrected chi connectivity index (χ2v) is 4.81. The van der Waals surface area contributed by atoms with E-state index in [2.05, 4.69) is 51.0 Å². The third-order valence-electron chi connectivity index (χ3n) is 2.49. The zero-order valence-electron chi connectivity index (χ0n) is 9.18. The Morgan fingerprint density at radius 1 is 1.38 bits per heavy atom. The Kier molecular flexibility index (Phi) is 3.55. The molecule has 16 heavy (non-hydrogen) atoms. The Morgan fingerprint density at radius 2 is 2.19 bits per heavy atom. The second-order valence-electron chi connectivity index (χ2n) is 3.56. The van der Waals surface area contributed by atoms with Gasteiger partial charge in [-0.15, -0.1) is 0 Å². The Morgan fingerprint density at radius 3 is 2.69 bits per heavy atom. The number of aromatic nitrogens is 3. The topological polar surface area (TPSA) is 42.7 Å². The molecule has 0 aliphatic carbocycles. The van der Waals surface area contributed by atoms with Crippen LogP contribution >= 0.6 is 22.6 Å². The maximum absolute atomic E-state index is 4.39. The highest BCUT2D eigenvalue weighted by Gasteiger charge is 2.04. The summed E-state index contributed by atoms with van der Waals surface area (Å²) in [6, 6.07) is 4.36. The SMILES string of the molecule is CNC(C)c1ccc(-n2cc(I)cn2)nc1. The number of nitrogens with one attached hydrogen (secondary N) is 1. The number of hydrogen-bond acceptors (Lipinski definition) is 3. The Bertz CT molecular complexity index is 463. The van der Waals surface area contributed by atoms with Crippen molar-refractivity contribution in [3.8, 4) is 5.82 Å². The first-order valence-electron chi connectivity index (χ1n) is 5.04. The fourth-order valence-corrected chi connectivity index (χ4v) is 1.77. The Balaban J connectivity index is 2.25. The molecule has 1 N–H and O–H groups in total. The van der Waals surface area contributed by atoms with Crippen LogP contribution in [0.3, 0.4) is 0 Å². The van der Waals surface area contributed by atoms with Crippen LogP contribution in [-0.2, 0) is 0 Å². The van der Waals surface area contributed by atoms with E-state index in [1.54, 1.807) is 4.68 Å². The molecule has 84 valence electrons. The van der Waals surface area contributed by atoms with E-state index in [4.69, 9.17) is 0 Å². The van der Waals surface area contributed by atoms with Crippen LogP contribution in [0, 0.1) is 3.57 Å². The first-order valence-corrected chi connectivity index (χ1v) is 6.12. The zero-order valence-corrected chi connectivity index (χ0v) is 11.3. The quantitative estimate of drug-likeness (QED) is 0.878. The number of rotatable bonds is 3. The van der Waals surface area contributed by atoms with E-state index < -0.39 is 0 Å². The monoisotopic (exact) mass is 328 g/mol. The van der Waals surface area contributed by atoms with Crippen LogP contribution in [0.5, 0.6) is 0 Å². The van der Waals surface area contributed by atoms with Crippen molar-refractivity contribution >= 4 is 22.6 Å². The number of nitrogens with zero attached hydrogens (tertiary/aromatic N) is 3. The van der Waals surface area contributed by atoms with E-state index in [0.29, 0.717) is 6.04 Å². The smallest absolute Gasteiger partial charge is 0.153 e. The summed E-state index contributed by atoms with van der Waals surface area (Å²) in [4.78, 5) is 4.39. The third-order valence-corrected chi connectivity index (χ3v) is 3.05. The molecule has 0 fully saturated rings. The Hall–Kier alpha value is -0.950. The van der Waals surface area contributed by atoms with Gasteiger partial charge >= 0.3 is 0 Å². The summed E-state index contributed by atoms with van der Waals surface area (Å²) >= 11 is 2.23. The van der Waals surface area contributed by atoms with Crippen molar-refractivity contribution in [2.75, 3.05) is 7.05 Å².